The fourth-order valence-electron chi connectivity index (χ4n) is 2.64. The van der Waals surface area contributed by atoms with E-state index in [4.69, 9.17) is 4.74 Å². The van der Waals surface area contributed by atoms with Crippen LogP contribution < -0.4 is 4.72 Å². The molecule has 25 heavy (non-hydrogen) atoms. The predicted molar refractivity (Wildman–Crippen MR) is 92.7 cm³/mol. The summed E-state index contributed by atoms with van der Waals surface area (Å²) in [6.45, 7) is 6.70. The van der Waals surface area contributed by atoms with Crippen molar-refractivity contribution in [2.45, 2.75) is 32.9 Å². The Balaban J connectivity index is 1.99. The molecule has 1 unspecified atom stereocenters. The highest BCUT2D eigenvalue weighted by Crippen LogP contribution is 2.17. The monoisotopic (exact) mass is 368 g/mol. The van der Waals surface area contributed by atoms with Gasteiger partial charge in [-0.1, -0.05) is 0 Å². The molecule has 1 aromatic carbocycles. The van der Waals surface area contributed by atoms with E-state index in [0.29, 0.717) is 30.9 Å². The summed E-state index contributed by atoms with van der Waals surface area (Å²) in [6.07, 6.45) is -0.548. The Morgan fingerprint density at radius 3 is 2.44 bits per heavy atom. The lowest BCUT2D eigenvalue weighted by Gasteiger charge is -2.39. The van der Waals surface area contributed by atoms with E-state index in [2.05, 4.69) is 4.72 Å². The maximum absolute atomic E-state index is 12.6. The number of hydrogen-bond acceptors (Lipinski definition) is 5. The van der Waals surface area contributed by atoms with E-state index in [1.54, 1.807) is 35.8 Å². The van der Waals surface area contributed by atoms with Crippen LogP contribution in [0.15, 0.2) is 24.3 Å². The van der Waals surface area contributed by atoms with Gasteiger partial charge in [-0.25, -0.2) is 4.79 Å². The fourth-order valence-corrected chi connectivity index (χ4v) is 2.97. The number of hydrogen-bond donors (Lipinski definition) is 1. The van der Waals surface area contributed by atoms with Gasteiger partial charge in [0.1, 0.15) is 0 Å². The molecule has 0 spiro atoms. The van der Waals surface area contributed by atoms with Gasteiger partial charge in [-0.05, 0) is 45.0 Å². The van der Waals surface area contributed by atoms with E-state index in [1.165, 1.54) is 12.1 Å². The Bertz CT molecular complexity index is 650. The van der Waals surface area contributed by atoms with Crippen molar-refractivity contribution < 1.29 is 23.1 Å². The molecular weight excluding hydrogens is 346 g/mol. The first kappa shape index (κ1) is 19.2. The van der Waals surface area contributed by atoms with Gasteiger partial charge in [-0.15, -0.1) is 0 Å². The van der Waals surface area contributed by atoms with Crippen molar-refractivity contribution in [1.29, 1.82) is 0 Å². The molecule has 1 aromatic rings. The van der Waals surface area contributed by atoms with E-state index < -0.39 is 11.3 Å². The zero-order valence-electron chi connectivity index (χ0n) is 14.4. The molecule has 2 rings (SSSR count). The standard InChI is InChI=1S/C16H23N3O5S/c1-11(2)24-16(21)18-8-9-19(12(3)10-18)15(20)13-4-6-14(7-5-13)17-25(22)23/h4-7,11-12,17H,8-10H2,1-3H3,(H,22,23)/p-1/t12-/m1/s1. The molecule has 1 saturated heterocycles. The smallest absolute Gasteiger partial charge is 0.410 e. The van der Waals surface area contributed by atoms with Crippen molar-refractivity contribution >= 4 is 29.0 Å². The van der Waals surface area contributed by atoms with Crippen LogP contribution in [0.5, 0.6) is 0 Å². The maximum Gasteiger partial charge on any atom is 0.410 e. The van der Waals surface area contributed by atoms with Crippen molar-refractivity contribution in [1.82, 2.24) is 9.80 Å². The Labute approximate surface area is 149 Å². The van der Waals surface area contributed by atoms with Gasteiger partial charge in [-0.2, -0.15) is 0 Å². The molecule has 0 saturated carbocycles. The SMILES string of the molecule is CC(C)OC(=O)N1CCN(C(=O)c2ccc(NS(=O)[O-])cc2)[C@H](C)C1. The number of ether oxygens (including phenoxy) is 1. The summed E-state index contributed by atoms with van der Waals surface area (Å²) in [5.41, 5.74) is 0.853. The van der Waals surface area contributed by atoms with Gasteiger partial charge in [0.2, 0.25) is 0 Å². The zero-order valence-corrected chi connectivity index (χ0v) is 15.2. The van der Waals surface area contributed by atoms with Crippen molar-refractivity contribution in [2.24, 2.45) is 0 Å². The Kier molecular flexibility index (Phi) is 6.38. The topological polar surface area (TPSA) is 102 Å². The lowest BCUT2D eigenvalue weighted by Crippen LogP contribution is -2.55. The lowest BCUT2D eigenvalue weighted by atomic mass is 10.1. The number of benzene rings is 1. The van der Waals surface area contributed by atoms with Gasteiger partial charge in [0.05, 0.1) is 6.10 Å². The van der Waals surface area contributed by atoms with Crippen LogP contribution >= 0.6 is 0 Å². The number of piperazine rings is 1. The van der Waals surface area contributed by atoms with Crippen molar-refractivity contribution in [2.75, 3.05) is 24.4 Å². The number of anilines is 1. The van der Waals surface area contributed by atoms with Crippen LogP contribution in [0, 0.1) is 0 Å². The second-order valence-electron chi connectivity index (χ2n) is 6.14. The molecule has 9 heteroatoms. The molecule has 0 aromatic heterocycles. The lowest BCUT2D eigenvalue weighted by molar-refractivity contribution is 0.0338. The van der Waals surface area contributed by atoms with Gasteiger partial charge in [0.25, 0.3) is 5.91 Å². The summed E-state index contributed by atoms with van der Waals surface area (Å²) in [4.78, 5) is 27.9. The van der Waals surface area contributed by atoms with Crippen LogP contribution in [0.3, 0.4) is 0 Å². The Morgan fingerprint density at radius 2 is 1.92 bits per heavy atom. The van der Waals surface area contributed by atoms with Gasteiger partial charge < -0.3 is 23.8 Å². The highest BCUT2D eigenvalue weighted by atomic mass is 32.2. The molecule has 138 valence electrons. The molecule has 1 aliphatic heterocycles. The van der Waals surface area contributed by atoms with Crippen molar-refractivity contribution in [3.8, 4) is 0 Å². The van der Waals surface area contributed by atoms with Crippen molar-refractivity contribution in [3.05, 3.63) is 29.8 Å². The summed E-state index contributed by atoms with van der Waals surface area (Å²) in [7, 11) is 0. The van der Waals surface area contributed by atoms with Crippen LogP contribution in [0.4, 0.5) is 10.5 Å². The van der Waals surface area contributed by atoms with E-state index in [0.717, 1.165) is 0 Å². The molecule has 1 fully saturated rings. The number of rotatable bonds is 4. The number of amides is 2. The van der Waals surface area contributed by atoms with Crippen LogP contribution in [0.1, 0.15) is 31.1 Å². The van der Waals surface area contributed by atoms with Gasteiger partial charge in [0.15, 0.2) is 0 Å². The summed E-state index contributed by atoms with van der Waals surface area (Å²) in [6, 6.07) is 6.06. The highest BCUT2D eigenvalue weighted by molar-refractivity contribution is 7.80. The third-order valence-electron chi connectivity index (χ3n) is 3.82. The molecule has 0 bridgehead atoms. The van der Waals surface area contributed by atoms with E-state index in [1.807, 2.05) is 6.92 Å². The zero-order chi connectivity index (χ0) is 18.6. The third kappa shape index (κ3) is 5.17. The normalized spacial score (nSPS) is 18.8. The van der Waals surface area contributed by atoms with Gasteiger partial charge in [0, 0.05) is 48.2 Å². The first-order valence-electron chi connectivity index (χ1n) is 8.00. The highest BCUT2D eigenvalue weighted by Gasteiger charge is 2.31. The molecule has 1 aliphatic rings. The number of carbonyl (C=O) groups excluding carboxylic acids is 2. The number of carbonyl (C=O) groups is 2. The van der Waals surface area contributed by atoms with Gasteiger partial charge in [-0.3, -0.25) is 9.00 Å². The second kappa shape index (κ2) is 8.30. The molecule has 8 nitrogen and oxygen atoms in total. The molecule has 1 heterocycles. The molecule has 0 aliphatic carbocycles. The summed E-state index contributed by atoms with van der Waals surface area (Å²) in [5, 5.41) is 0. The van der Waals surface area contributed by atoms with Gasteiger partial charge >= 0.3 is 6.09 Å². The quantitative estimate of drug-likeness (QED) is 0.813. The van der Waals surface area contributed by atoms with E-state index in [-0.39, 0.29) is 24.1 Å². The summed E-state index contributed by atoms with van der Waals surface area (Å²) >= 11 is -2.40. The van der Waals surface area contributed by atoms with E-state index in [9.17, 15) is 18.4 Å². The second-order valence-corrected chi connectivity index (χ2v) is 6.81. The molecular formula is C16H22N3O5S-. The average molecular weight is 368 g/mol. The van der Waals surface area contributed by atoms with E-state index >= 15 is 0 Å². The average Bonchev–Trinajstić information content (AvgIpc) is 2.53. The Morgan fingerprint density at radius 1 is 1.28 bits per heavy atom. The first-order chi connectivity index (χ1) is 11.8. The minimum absolute atomic E-state index is 0.145. The molecule has 0 radical (unpaired) electrons. The Hall–Kier alpha value is -2.13. The number of nitrogens with one attached hydrogen (secondary N) is 1. The third-order valence-corrected chi connectivity index (χ3v) is 4.22. The van der Waals surface area contributed by atoms with Crippen LogP contribution in [-0.2, 0) is 16.0 Å². The minimum atomic E-state index is -2.40. The predicted octanol–water partition coefficient (Wildman–Crippen LogP) is 1.58. The molecule has 2 amide bonds. The van der Waals surface area contributed by atoms with Crippen molar-refractivity contribution in [3.63, 3.8) is 0 Å². The minimum Gasteiger partial charge on any atom is -0.755 e. The number of nitrogens with zero attached hydrogens (tertiary/aromatic N) is 2. The molecule has 2 atom stereocenters. The van der Waals surface area contributed by atoms with Crippen LogP contribution in [0.2, 0.25) is 0 Å². The first-order valence-corrected chi connectivity index (χ1v) is 9.08. The molecule has 1 N–H and O–H groups in total. The summed E-state index contributed by atoms with van der Waals surface area (Å²) < 4.78 is 28.6. The van der Waals surface area contributed by atoms with Crippen LogP contribution in [-0.4, -0.2) is 62.3 Å². The fraction of sp³-hybridized carbons (Fsp3) is 0.500. The largest absolute Gasteiger partial charge is 0.755 e. The summed E-state index contributed by atoms with van der Waals surface area (Å²) in [5.74, 6) is -0.154. The maximum atomic E-state index is 12.6. The van der Waals surface area contributed by atoms with Crippen LogP contribution in [0.25, 0.3) is 0 Å².